The molecule has 0 unspecified atom stereocenters. The average Bonchev–Trinajstić information content (AvgIpc) is 2.28. The molecule has 0 aliphatic carbocycles. The molecule has 5 heteroatoms. The first-order valence-electron chi connectivity index (χ1n) is 3.93. The van der Waals surface area contributed by atoms with Gasteiger partial charge in [-0.15, -0.1) is 10.2 Å². The van der Waals surface area contributed by atoms with E-state index in [1.54, 1.807) is 0 Å². The molecule has 0 spiro atoms. The van der Waals surface area contributed by atoms with Crippen LogP contribution in [0.1, 0.15) is 18.1 Å². The van der Waals surface area contributed by atoms with Gasteiger partial charge in [-0.1, -0.05) is 0 Å². The van der Waals surface area contributed by atoms with E-state index in [1.807, 2.05) is 11.5 Å². The lowest BCUT2D eigenvalue weighted by Crippen LogP contribution is -2.20. The molecule has 0 saturated carbocycles. The summed E-state index contributed by atoms with van der Waals surface area (Å²) in [4.78, 5) is 11.0. The average molecular weight is 166 g/mol. The molecule has 2 heterocycles. The summed E-state index contributed by atoms with van der Waals surface area (Å²) in [5, 5.41) is 10.6. The van der Waals surface area contributed by atoms with Crippen molar-refractivity contribution in [2.45, 2.75) is 26.4 Å². The first kappa shape index (κ1) is 7.27. The van der Waals surface area contributed by atoms with Crippen molar-refractivity contribution in [1.82, 2.24) is 20.1 Å². The maximum atomic E-state index is 11.0. The lowest BCUT2D eigenvalue weighted by molar-refractivity contribution is -0.121. The highest BCUT2D eigenvalue weighted by Gasteiger charge is 2.14. The predicted molar refractivity (Wildman–Crippen MR) is 41.2 cm³/mol. The van der Waals surface area contributed by atoms with Crippen molar-refractivity contribution in [2.75, 3.05) is 0 Å². The molecule has 2 rings (SSSR count). The summed E-state index contributed by atoms with van der Waals surface area (Å²) in [6.45, 7) is 3.09. The Kier molecular flexibility index (Phi) is 1.56. The Balaban J connectivity index is 2.33. The number of nitrogens with one attached hydrogen (secondary N) is 1. The summed E-state index contributed by atoms with van der Waals surface area (Å²) >= 11 is 0. The molecule has 1 N–H and O–H groups in total. The fourth-order valence-electron chi connectivity index (χ4n) is 1.33. The molecular weight excluding hydrogens is 156 g/mol. The maximum Gasteiger partial charge on any atom is 0.222 e. The number of rotatable bonds is 0. The molecule has 0 aromatic carbocycles. The van der Waals surface area contributed by atoms with Gasteiger partial charge in [0.2, 0.25) is 5.91 Å². The predicted octanol–water partition coefficient (Wildman–Crippen LogP) is -0.394. The number of aryl methyl sites for hydroxylation is 1. The van der Waals surface area contributed by atoms with Gasteiger partial charge >= 0.3 is 0 Å². The Bertz CT molecular complexity index is 317. The van der Waals surface area contributed by atoms with Gasteiger partial charge in [-0.05, 0) is 6.92 Å². The molecule has 1 aromatic heterocycles. The maximum absolute atomic E-state index is 11.0. The summed E-state index contributed by atoms with van der Waals surface area (Å²) in [6, 6.07) is 0. The molecule has 1 aliphatic rings. The fraction of sp³-hybridized carbons (Fsp3) is 0.571. The van der Waals surface area contributed by atoms with Gasteiger partial charge in [0.1, 0.15) is 5.82 Å². The number of aromatic nitrogens is 3. The van der Waals surface area contributed by atoms with Crippen LogP contribution in [0.2, 0.25) is 0 Å². The molecule has 12 heavy (non-hydrogen) atoms. The zero-order valence-electron chi connectivity index (χ0n) is 6.87. The summed E-state index contributed by atoms with van der Waals surface area (Å²) in [5.41, 5.74) is 0. The number of carbonyl (C=O) groups excluding carboxylic acids is 1. The highest BCUT2D eigenvalue weighted by Crippen LogP contribution is 2.05. The number of nitrogens with zero attached hydrogens (tertiary/aromatic N) is 3. The van der Waals surface area contributed by atoms with Crippen molar-refractivity contribution in [3.8, 4) is 0 Å². The molecule has 64 valence electrons. The Morgan fingerprint density at radius 2 is 2.33 bits per heavy atom. The van der Waals surface area contributed by atoms with E-state index in [-0.39, 0.29) is 5.91 Å². The summed E-state index contributed by atoms with van der Waals surface area (Å²) < 4.78 is 1.97. The molecule has 1 aromatic rings. The van der Waals surface area contributed by atoms with Crippen LogP contribution in [0.5, 0.6) is 0 Å². The van der Waals surface area contributed by atoms with Crippen molar-refractivity contribution in [3.63, 3.8) is 0 Å². The number of carbonyl (C=O) groups is 1. The van der Waals surface area contributed by atoms with Crippen LogP contribution in [-0.2, 0) is 17.9 Å². The van der Waals surface area contributed by atoms with E-state index in [4.69, 9.17) is 0 Å². The van der Waals surface area contributed by atoms with Crippen LogP contribution in [0.4, 0.5) is 0 Å². The number of fused-ring (bicyclic) bond motifs is 1. The van der Waals surface area contributed by atoms with Crippen LogP contribution in [0.15, 0.2) is 0 Å². The Labute approximate surface area is 69.8 Å². The number of hydrogen-bond donors (Lipinski definition) is 1. The van der Waals surface area contributed by atoms with Gasteiger partial charge < -0.3 is 9.88 Å². The minimum absolute atomic E-state index is 0.0832. The molecule has 0 fully saturated rings. The quantitative estimate of drug-likeness (QED) is 0.570. The molecule has 5 nitrogen and oxygen atoms in total. The third-order valence-corrected chi connectivity index (χ3v) is 2.02. The molecule has 0 bridgehead atoms. The second-order valence-electron chi connectivity index (χ2n) is 2.84. The van der Waals surface area contributed by atoms with Crippen LogP contribution in [0, 0.1) is 6.92 Å². The Morgan fingerprint density at radius 3 is 3.17 bits per heavy atom. The van der Waals surface area contributed by atoms with Crippen molar-refractivity contribution in [3.05, 3.63) is 11.6 Å². The Morgan fingerprint density at radius 1 is 1.50 bits per heavy atom. The van der Waals surface area contributed by atoms with Crippen molar-refractivity contribution in [2.24, 2.45) is 0 Å². The van der Waals surface area contributed by atoms with E-state index < -0.39 is 0 Å². The largest absolute Gasteiger partial charge is 0.349 e. The van der Waals surface area contributed by atoms with E-state index in [0.717, 1.165) is 11.6 Å². The zero-order valence-corrected chi connectivity index (χ0v) is 6.87. The normalized spacial score (nSPS) is 16.6. The van der Waals surface area contributed by atoms with Crippen LogP contribution in [0.25, 0.3) is 0 Å². The fourth-order valence-corrected chi connectivity index (χ4v) is 1.33. The van der Waals surface area contributed by atoms with E-state index in [2.05, 4.69) is 15.5 Å². The molecule has 0 atom stereocenters. The van der Waals surface area contributed by atoms with E-state index >= 15 is 0 Å². The van der Waals surface area contributed by atoms with Gasteiger partial charge in [0.05, 0.1) is 6.54 Å². The van der Waals surface area contributed by atoms with Gasteiger partial charge in [-0.2, -0.15) is 0 Å². The van der Waals surface area contributed by atoms with Gasteiger partial charge in [0.15, 0.2) is 5.82 Å². The second kappa shape index (κ2) is 2.58. The van der Waals surface area contributed by atoms with Gasteiger partial charge in [-0.25, -0.2) is 0 Å². The minimum Gasteiger partial charge on any atom is -0.349 e. The number of hydrogen-bond acceptors (Lipinski definition) is 3. The SMILES string of the molecule is Cc1nnc2n1CCC(=O)NC2. The molecule has 1 amide bonds. The van der Waals surface area contributed by atoms with Crippen LogP contribution < -0.4 is 5.32 Å². The van der Waals surface area contributed by atoms with Crippen molar-refractivity contribution < 1.29 is 4.79 Å². The van der Waals surface area contributed by atoms with Crippen molar-refractivity contribution >= 4 is 5.91 Å². The minimum atomic E-state index is 0.0832. The third kappa shape index (κ3) is 1.07. The van der Waals surface area contributed by atoms with Gasteiger partial charge in [0.25, 0.3) is 0 Å². The highest BCUT2D eigenvalue weighted by molar-refractivity contribution is 5.75. The highest BCUT2D eigenvalue weighted by atomic mass is 16.1. The number of amides is 1. The van der Waals surface area contributed by atoms with Gasteiger partial charge in [-0.3, -0.25) is 4.79 Å². The first-order valence-corrected chi connectivity index (χ1v) is 3.93. The monoisotopic (exact) mass is 166 g/mol. The zero-order chi connectivity index (χ0) is 8.55. The van der Waals surface area contributed by atoms with Crippen LogP contribution >= 0.6 is 0 Å². The van der Waals surface area contributed by atoms with Crippen LogP contribution in [-0.4, -0.2) is 20.7 Å². The van der Waals surface area contributed by atoms with E-state index in [0.29, 0.717) is 19.5 Å². The van der Waals surface area contributed by atoms with Crippen LogP contribution in [0.3, 0.4) is 0 Å². The summed E-state index contributed by atoms with van der Waals surface area (Å²) in [5.74, 6) is 1.81. The standard InChI is InChI=1S/C7H10N4O/c1-5-9-10-6-4-8-7(12)2-3-11(5)6/h2-4H2,1H3,(H,8,12). The van der Waals surface area contributed by atoms with Crippen molar-refractivity contribution in [1.29, 1.82) is 0 Å². The molecular formula is C7H10N4O. The molecule has 0 radical (unpaired) electrons. The summed E-state index contributed by atoms with van der Waals surface area (Å²) in [6.07, 6.45) is 0.520. The lowest BCUT2D eigenvalue weighted by atomic mass is 10.4. The van der Waals surface area contributed by atoms with E-state index in [1.165, 1.54) is 0 Å². The molecule has 1 aliphatic heterocycles. The third-order valence-electron chi connectivity index (χ3n) is 2.02. The topological polar surface area (TPSA) is 59.8 Å². The van der Waals surface area contributed by atoms with E-state index in [9.17, 15) is 4.79 Å². The van der Waals surface area contributed by atoms with Gasteiger partial charge in [0, 0.05) is 13.0 Å². The second-order valence-corrected chi connectivity index (χ2v) is 2.84. The Hall–Kier alpha value is -1.39. The smallest absolute Gasteiger partial charge is 0.222 e. The molecule has 0 saturated heterocycles. The first-order chi connectivity index (χ1) is 5.77. The summed E-state index contributed by atoms with van der Waals surface area (Å²) in [7, 11) is 0. The lowest BCUT2D eigenvalue weighted by Gasteiger charge is -2.00.